The zero-order valence-corrected chi connectivity index (χ0v) is 24.4. The second-order valence-corrected chi connectivity index (χ2v) is 10.6. The third-order valence-electron chi connectivity index (χ3n) is 7.25. The number of hydrazine groups is 1. The minimum atomic E-state index is -1.66. The van der Waals surface area contributed by atoms with Crippen molar-refractivity contribution in [3.63, 3.8) is 0 Å². The molecule has 240 valence electrons. The van der Waals surface area contributed by atoms with Crippen molar-refractivity contribution in [3.05, 3.63) is 108 Å². The molecule has 1 saturated heterocycles. The van der Waals surface area contributed by atoms with Gasteiger partial charge in [-0.1, -0.05) is 91.0 Å². The summed E-state index contributed by atoms with van der Waals surface area (Å²) < 4.78 is 10.7. The topological polar surface area (TPSA) is 199 Å². The Bertz CT molecular complexity index is 1360. The van der Waals surface area contributed by atoms with E-state index in [1.165, 1.54) is 0 Å². The molecule has 0 aliphatic carbocycles. The van der Waals surface area contributed by atoms with E-state index in [1.54, 1.807) is 66.7 Å². The van der Waals surface area contributed by atoms with E-state index >= 15 is 0 Å². The Labute approximate surface area is 260 Å². The number of hydrogen-bond donors (Lipinski definition) is 8. The van der Waals surface area contributed by atoms with Crippen molar-refractivity contribution < 1.29 is 44.3 Å². The molecule has 3 aromatic rings. The smallest absolute Gasteiger partial charge is 0.408 e. The second kappa shape index (κ2) is 16.6. The highest BCUT2D eigenvalue weighted by Crippen LogP contribution is 2.19. The van der Waals surface area contributed by atoms with Gasteiger partial charge in [-0.2, -0.15) is 0 Å². The maximum absolute atomic E-state index is 13.6. The fourth-order valence-corrected chi connectivity index (χ4v) is 4.75. The minimum absolute atomic E-state index is 0.00495. The van der Waals surface area contributed by atoms with Crippen LogP contribution in [0.1, 0.15) is 16.7 Å². The SMILES string of the molecule is O=C(N[C@@H](Cc1ccccc1)C(=O)N[C@@H](Cc1ccccc1)C(=O)NN[C@@H]1O[C@H](CO)[C@@H](O)[C@H](O)[C@H]1O)OCc1ccccc1. The first kappa shape index (κ1) is 33.5. The van der Waals surface area contributed by atoms with Gasteiger partial charge in [0.1, 0.15) is 43.1 Å². The van der Waals surface area contributed by atoms with E-state index in [0.29, 0.717) is 0 Å². The van der Waals surface area contributed by atoms with E-state index in [2.05, 4.69) is 21.5 Å². The molecule has 7 atom stereocenters. The van der Waals surface area contributed by atoms with Crippen LogP contribution in [-0.4, -0.2) is 87.7 Å². The van der Waals surface area contributed by atoms with Crippen LogP contribution in [0.2, 0.25) is 0 Å². The van der Waals surface area contributed by atoms with Crippen LogP contribution in [0.15, 0.2) is 91.0 Å². The zero-order valence-electron chi connectivity index (χ0n) is 24.4. The van der Waals surface area contributed by atoms with E-state index in [4.69, 9.17) is 9.47 Å². The van der Waals surface area contributed by atoms with Crippen molar-refractivity contribution in [1.29, 1.82) is 0 Å². The van der Waals surface area contributed by atoms with Crippen molar-refractivity contribution in [2.45, 2.75) is 62.2 Å². The lowest BCUT2D eigenvalue weighted by Gasteiger charge is -2.40. The Morgan fingerprint density at radius 1 is 0.689 bits per heavy atom. The van der Waals surface area contributed by atoms with Crippen LogP contribution >= 0.6 is 0 Å². The minimum Gasteiger partial charge on any atom is -0.445 e. The molecule has 0 aromatic heterocycles. The number of hydrogen-bond acceptors (Lipinski definition) is 10. The standard InChI is InChI=1S/C32H38N4O9/c37-18-25-26(38)27(39)28(40)31(45-25)36-35-30(42)24(17-21-12-6-2-7-13-21)33-29(41)23(16-20-10-4-1-5-11-20)34-32(43)44-19-22-14-8-3-9-15-22/h1-15,23-28,31,36-40H,16-19H2,(H,33,41)(H,34,43)(H,35,42)/t23-,24-,25+,26+,27-,28+,31+/m0/s1. The largest absolute Gasteiger partial charge is 0.445 e. The van der Waals surface area contributed by atoms with Gasteiger partial charge < -0.3 is 40.5 Å². The highest BCUT2D eigenvalue weighted by atomic mass is 16.6. The molecule has 0 radical (unpaired) electrons. The van der Waals surface area contributed by atoms with Gasteiger partial charge >= 0.3 is 6.09 Å². The van der Waals surface area contributed by atoms with Crippen molar-refractivity contribution in [2.24, 2.45) is 0 Å². The molecule has 1 heterocycles. The van der Waals surface area contributed by atoms with Gasteiger partial charge in [-0.05, 0) is 16.7 Å². The first-order chi connectivity index (χ1) is 21.7. The molecule has 1 fully saturated rings. The molecule has 0 saturated carbocycles. The molecular formula is C32H38N4O9. The quantitative estimate of drug-likeness (QED) is 0.117. The number of rotatable bonds is 13. The number of nitrogens with one attached hydrogen (secondary N) is 4. The van der Waals surface area contributed by atoms with E-state index in [1.807, 2.05) is 24.3 Å². The van der Waals surface area contributed by atoms with Gasteiger partial charge in [-0.15, -0.1) is 0 Å². The summed E-state index contributed by atoms with van der Waals surface area (Å²) in [5, 5.41) is 45.2. The predicted molar refractivity (Wildman–Crippen MR) is 161 cm³/mol. The maximum atomic E-state index is 13.6. The van der Waals surface area contributed by atoms with Gasteiger partial charge in [-0.25, -0.2) is 10.2 Å². The summed E-state index contributed by atoms with van der Waals surface area (Å²) >= 11 is 0. The van der Waals surface area contributed by atoms with Crippen molar-refractivity contribution >= 4 is 17.9 Å². The van der Waals surface area contributed by atoms with Gasteiger partial charge in [0, 0.05) is 12.8 Å². The third kappa shape index (κ3) is 9.81. The Morgan fingerprint density at radius 3 is 1.73 bits per heavy atom. The van der Waals surface area contributed by atoms with Gasteiger partial charge in [0.05, 0.1) is 6.61 Å². The van der Waals surface area contributed by atoms with Crippen molar-refractivity contribution in [1.82, 2.24) is 21.5 Å². The lowest BCUT2D eigenvalue weighted by Crippen LogP contribution is -2.66. The van der Waals surface area contributed by atoms with Crippen LogP contribution in [-0.2, 0) is 38.5 Å². The number of amides is 3. The Hall–Kier alpha value is -4.37. The molecule has 13 heteroatoms. The van der Waals surface area contributed by atoms with Crippen LogP contribution < -0.4 is 21.5 Å². The van der Waals surface area contributed by atoms with Crippen LogP contribution in [0, 0.1) is 0 Å². The summed E-state index contributed by atoms with van der Waals surface area (Å²) in [5.74, 6) is -1.38. The second-order valence-electron chi connectivity index (χ2n) is 10.6. The van der Waals surface area contributed by atoms with Crippen LogP contribution in [0.4, 0.5) is 4.79 Å². The van der Waals surface area contributed by atoms with Gasteiger partial charge in [-0.3, -0.25) is 15.0 Å². The molecule has 3 aromatic carbocycles. The first-order valence-electron chi connectivity index (χ1n) is 14.5. The van der Waals surface area contributed by atoms with Crippen molar-refractivity contribution in [2.75, 3.05) is 6.61 Å². The average Bonchev–Trinajstić information content (AvgIpc) is 3.06. The average molecular weight is 623 g/mol. The van der Waals surface area contributed by atoms with Crippen LogP contribution in [0.25, 0.3) is 0 Å². The number of benzene rings is 3. The van der Waals surface area contributed by atoms with Gasteiger partial charge in [0.25, 0.3) is 5.91 Å². The van der Waals surface area contributed by atoms with Gasteiger partial charge in [0.2, 0.25) is 5.91 Å². The summed E-state index contributed by atoms with van der Waals surface area (Å²) in [7, 11) is 0. The number of carbonyl (C=O) groups excluding carboxylic acids is 3. The molecule has 45 heavy (non-hydrogen) atoms. The summed E-state index contributed by atoms with van der Waals surface area (Å²) in [4.78, 5) is 39.8. The molecule has 1 aliphatic heterocycles. The Morgan fingerprint density at radius 2 is 1.20 bits per heavy atom. The molecule has 4 rings (SSSR count). The molecule has 0 bridgehead atoms. The number of carbonyl (C=O) groups is 3. The summed E-state index contributed by atoms with van der Waals surface area (Å²) in [5.41, 5.74) is 7.09. The highest BCUT2D eigenvalue weighted by Gasteiger charge is 2.43. The summed E-state index contributed by atoms with van der Waals surface area (Å²) in [6.45, 7) is -0.650. The normalized spacial score (nSPS) is 22.4. The van der Waals surface area contributed by atoms with E-state index in [9.17, 15) is 34.8 Å². The Kier molecular flexibility index (Phi) is 12.4. The molecule has 1 aliphatic rings. The molecule has 0 unspecified atom stereocenters. The molecule has 0 spiro atoms. The molecular weight excluding hydrogens is 584 g/mol. The fourth-order valence-electron chi connectivity index (χ4n) is 4.75. The first-order valence-corrected chi connectivity index (χ1v) is 14.5. The van der Waals surface area contributed by atoms with Crippen molar-refractivity contribution in [3.8, 4) is 0 Å². The highest BCUT2D eigenvalue weighted by molar-refractivity contribution is 5.91. The number of alkyl carbamates (subject to hydrolysis) is 1. The summed E-state index contributed by atoms with van der Waals surface area (Å²) in [6.07, 6.45) is -8.10. The van der Waals surface area contributed by atoms with Crippen LogP contribution in [0.5, 0.6) is 0 Å². The van der Waals surface area contributed by atoms with E-state index < -0.39 is 67.2 Å². The van der Waals surface area contributed by atoms with Crippen LogP contribution in [0.3, 0.4) is 0 Å². The molecule has 13 nitrogen and oxygen atoms in total. The van der Waals surface area contributed by atoms with Gasteiger partial charge in [0.15, 0.2) is 6.23 Å². The lowest BCUT2D eigenvalue weighted by molar-refractivity contribution is -0.239. The fraction of sp³-hybridized carbons (Fsp3) is 0.344. The number of ether oxygens (including phenoxy) is 2. The molecule has 3 amide bonds. The number of aliphatic hydroxyl groups is 4. The monoisotopic (exact) mass is 622 g/mol. The Balaban J connectivity index is 1.47. The maximum Gasteiger partial charge on any atom is 0.408 e. The predicted octanol–water partition coefficient (Wildman–Crippen LogP) is -0.328. The third-order valence-corrected chi connectivity index (χ3v) is 7.25. The summed E-state index contributed by atoms with van der Waals surface area (Å²) in [6, 6.07) is 24.7. The lowest BCUT2D eigenvalue weighted by atomic mass is 9.99. The van der Waals surface area contributed by atoms with E-state index in [-0.39, 0.29) is 19.4 Å². The molecule has 8 N–H and O–H groups in total. The zero-order chi connectivity index (χ0) is 32.2. The number of aliphatic hydroxyl groups excluding tert-OH is 4. The van der Waals surface area contributed by atoms with E-state index in [0.717, 1.165) is 16.7 Å².